The Morgan fingerprint density at radius 2 is 1.97 bits per heavy atom. The average molecular weight is 389 g/mol. The molecule has 1 atom stereocenters. The fourth-order valence-electron chi connectivity index (χ4n) is 3.57. The number of carbonyl (C=O) groups is 1. The highest BCUT2D eigenvalue weighted by atomic mass is 16.4. The molecule has 148 valence electrons. The number of fused-ring (bicyclic) bond motifs is 3. The zero-order valence-corrected chi connectivity index (χ0v) is 16.5. The first-order valence-electron chi connectivity index (χ1n) is 9.73. The molecule has 6 nitrogen and oxygen atoms in total. The minimum atomic E-state index is -0.445. The zero-order chi connectivity index (χ0) is 20.4. The van der Waals surface area contributed by atoms with Crippen LogP contribution in [0.25, 0.3) is 21.9 Å². The summed E-state index contributed by atoms with van der Waals surface area (Å²) in [7, 11) is 0. The second-order valence-corrected chi connectivity index (χ2v) is 7.45. The molecule has 2 aromatic heterocycles. The van der Waals surface area contributed by atoms with Crippen LogP contribution in [0.3, 0.4) is 0 Å². The number of nitrogens with zero attached hydrogens (tertiary/aromatic N) is 2. The van der Waals surface area contributed by atoms with Crippen LogP contribution in [0, 0.1) is 6.92 Å². The van der Waals surface area contributed by atoms with Crippen LogP contribution in [0.2, 0.25) is 0 Å². The van der Waals surface area contributed by atoms with Gasteiger partial charge in [-0.25, -0.2) is 4.79 Å². The van der Waals surface area contributed by atoms with Gasteiger partial charge in [-0.3, -0.25) is 9.48 Å². The highest BCUT2D eigenvalue weighted by Gasteiger charge is 2.16. The Labute approximate surface area is 168 Å². The minimum Gasteiger partial charge on any atom is -0.422 e. The van der Waals surface area contributed by atoms with Crippen LogP contribution in [-0.2, 0) is 17.8 Å². The van der Waals surface area contributed by atoms with E-state index in [0.717, 1.165) is 23.8 Å². The summed E-state index contributed by atoms with van der Waals surface area (Å²) in [4.78, 5) is 24.8. The van der Waals surface area contributed by atoms with Gasteiger partial charge in [0.05, 0.1) is 11.7 Å². The molecule has 0 aliphatic carbocycles. The molecule has 4 aromatic rings. The average Bonchev–Trinajstić information content (AvgIpc) is 3.12. The van der Waals surface area contributed by atoms with Gasteiger partial charge in [0.2, 0.25) is 5.91 Å². The number of amides is 1. The summed E-state index contributed by atoms with van der Waals surface area (Å²) in [6.07, 6.45) is 3.22. The Morgan fingerprint density at radius 3 is 2.76 bits per heavy atom. The third-order valence-electron chi connectivity index (χ3n) is 5.06. The van der Waals surface area contributed by atoms with Crippen LogP contribution >= 0.6 is 0 Å². The maximum atomic E-state index is 12.6. The maximum Gasteiger partial charge on any atom is 0.347 e. The van der Waals surface area contributed by atoms with Crippen LogP contribution < -0.4 is 10.9 Å². The second kappa shape index (κ2) is 7.91. The molecular formula is C23H23N3O3. The van der Waals surface area contributed by atoms with Gasteiger partial charge in [0.1, 0.15) is 17.5 Å². The van der Waals surface area contributed by atoms with Crippen molar-refractivity contribution in [2.45, 2.75) is 39.3 Å². The van der Waals surface area contributed by atoms with E-state index in [1.54, 1.807) is 10.7 Å². The van der Waals surface area contributed by atoms with Gasteiger partial charge in [-0.05, 0) is 44.4 Å². The molecule has 0 saturated carbocycles. The second-order valence-electron chi connectivity index (χ2n) is 7.45. The molecule has 0 fully saturated rings. The monoisotopic (exact) mass is 389 g/mol. The van der Waals surface area contributed by atoms with Crippen LogP contribution in [0.5, 0.6) is 0 Å². The lowest BCUT2D eigenvalue weighted by atomic mass is 10.1. The van der Waals surface area contributed by atoms with Crippen molar-refractivity contribution in [2.24, 2.45) is 0 Å². The van der Waals surface area contributed by atoms with E-state index in [2.05, 4.69) is 22.5 Å². The Kier molecular flexibility index (Phi) is 5.16. The number of rotatable bonds is 6. The van der Waals surface area contributed by atoms with Gasteiger partial charge in [0.25, 0.3) is 0 Å². The van der Waals surface area contributed by atoms with Crippen LogP contribution in [-0.4, -0.2) is 21.7 Å². The maximum absolute atomic E-state index is 12.6. The molecule has 0 spiro atoms. The van der Waals surface area contributed by atoms with E-state index in [1.165, 1.54) is 11.8 Å². The van der Waals surface area contributed by atoms with E-state index in [9.17, 15) is 9.59 Å². The van der Waals surface area contributed by atoms with E-state index in [0.29, 0.717) is 16.5 Å². The molecule has 0 saturated heterocycles. The Balaban J connectivity index is 1.51. The molecule has 4 rings (SSSR count). The molecule has 2 aromatic carbocycles. The molecule has 0 aliphatic rings. The first kappa shape index (κ1) is 18.9. The highest BCUT2D eigenvalue weighted by molar-refractivity contribution is 6.02. The molecule has 0 unspecified atom stereocenters. The van der Waals surface area contributed by atoms with E-state index < -0.39 is 5.63 Å². The number of nitrogens with one attached hydrogen (secondary N) is 1. The van der Waals surface area contributed by atoms with Gasteiger partial charge in [0.15, 0.2) is 0 Å². The third kappa shape index (κ3) is 4.06. The van der Waals surface area contributed by atoms with E-state index >= 15 is 0 Å². The van der Waals surface area contributed by atoms with Crippen molar-refractivity contribution in [1.82, 2.24) is 15.1 Å². The molecule has 0 bridgehead atoms. The van der Waals surface area contributed by atoms with Gasteiger partial charge in [-0.2, -0.15) is 5.10 Å². The van der Waals surface area contributed by atoms with Crippen molar-refractivity contribution in [3.63, 3.8) is 0 Å². The molecule has 1 amide bonds. The number of aryl methyl sites for hydroxylation is 2. The summed E-state index contributed by atoms with van der Waals surface area (Å²) in [5, 5.41) is 8.46. The summed E-state index contributed by atoms with van der Waals surface area (Å²) in [5.74, 6) is -0.135. The Morgan fingerprint density at radius 1 is 1.17 bits per heavy atom. The van der Waals surface area contributed by atoms with Crippen LogP contribution in [0.4, 0.5) is 0 Å². The number of carbonyl (C=O) groups excluding carboxylic acids is 1. The number of benzene rings is 2. The highest BCUT2D eigenvalue weighted by Crippen LogP contribution is 2.23. The molecule has 29 heavy (non-hydrogen) atoms. The van der Waals surface area contributed by atoms with E-state index in [4.69, 9.17) is 4.42 Å². The van der Waals surface area contributed by atoms with Gasteiger partial charge in [0, 0.05) is 11.4 Å². The molecule has 2 heterocycles. The minimum absolute atomic E-state index is 0.0357. The normalized spacial score (nSPS) is 12.3. The summed E-state index contributed by atoms with van der Waals surface area (Å²) in [6, 6.07) is 15.8. The van der Waals surface area contributed by atoms with Gasteiger partial charge >= 0.3 is 5.63 Å². The summed E-state index contributed by atoms with van der Waals surface area (Å²) in [5.41, 5.74) is 2.97. The fraction of sp³-hybridized carbons (Fsp3) is 0.261. The van der Waals surface area contributed by atoms with E-state index in [1.807, 2.05) is 44.2 Å². The van der Waals surface area contributed by atoms with E-state index in [-0.39, 0.29) is 18.5 Å². The summed E-state index contributed by atoms with van der Waals surface area (Å²) in [6.45, 7) is 4.01. The molecular weight excluding hydrogens is 366 g/mol. The molecule has 0 radical (unpaired) electrons. The van der Waals surface area contributed by atoms with Crippen molar-refractivity contribution >= 4 is 27.8 Å². The largest absolute Gasteiger partial charge is 0.422 e. The SMILES string of the molecule is Cc1ccc2oc(=O)c3cnn(CC(=O)N[C@H](C)CCc4ccccc4)c3c2c1. The van der Waals surface area contributed by atoms with Gasteiger partial charge in [-0.1, -0.05) is 42.0 Å². The van der Waals surface area contributed by atoms with Crippen LogP contribution in [0.1, 0.15) is 24.5 Å². The predicted molar refractivity (Wildman–Crippen MR) is 113 cm³/mol. The van der Waals surface area contributed by atoms with Gasteiger partial charge in [-0.15, -0.1) is 0 Å². The lowest BCUT2D eigenvalue weighted by Crippen LogP contribution is -2.35. The van der Waals surface area contributed by atoms with Crippen molar-refractivity contribution in [3.05, 3.63) is 76.3 Å². The summed E-state index contributed by atoms with van der Waals surface area (Å²) >= 11 is 0. The van der Waals surface area contributed by atoms with Crippen molar-refractivity contribution in [1.29, 1.82) is 0 Å². The summed E-state index contributed by atoms with van der Waals surface area (Å²) < 4.78 is 6.95. The van der Waals surface area contributed by atoms with Crippen LogP contribution in [0.15, 0.2) is 63.9 Å². The fourth-order valence-corrected chi connectivity index (χ4v) is 3.57. The predicted octanol–water partition coefficient (Wildman–Crippen LogP) is 3.59. The lowest BCUT2D eigenvalue weighted by Gasteiger charge is -2.14. The first-order valence-corrected chi connectivity index (χ1v) is 9.73. The quantitative estimate of drug-likeness (QED) is 0.511. The third-order valence-corrected chi connectivity index (χ3v) is 5.06. The van der Waals surface area contributed by atoms with Gasteiger partial charge < -0.3 is 9.73 Å². The van der Waals surface area contributed by atoms with Crippen molar-refractivity contribution in [2.75, 3.05) is 0 Å². The molecule has 0 aliphatic heterocycles. The Bertz CT molecular complexity index is 1220. The smallest absolute Gasteiger partial charge is 0.347 e. The van der Waals surface area contributed by atoms with Crippen molar-refractivity contribution < 1.29 is 9.21 Å². The zero-order valence-electron chi connectivity index (χ0n) is 16.5. The standard InChI is InChI=1S/C23H23N3O3/c1-15-8-11-20-18(12-15)22-19(23(28)29-20)13-24-26(22)14-21(27)25-16(2)9-10-17-6-4-3-5-7-17/h3-8,11-13,16H,9-10,14H2,1-2H3,(H,25,27)/t16-/m1/s1. The first-order chi connectivity index (χ1) is 14.0. The number of aromatic nitrogens is 2. The molecule has 1 N–H and O–H groups in total. The number of hydrogen-bond donors (Lipinski definition) is 1. The molecule has 6 heteroatoms. The lowest BCUT2D eigenvalue weighted by molar-refractivity contribution is -0.122. The van der Waals surface area contributed by atoms with Crippen molar-refractivity contribution in [3.8, 4) is 0 Å². The topological polar surface area (TPSA) is 77.1 Å². The number of hydrogen-bond acceptors (Lipinski definition) is 4. The Hall–Kier alpha value is -3.41.